The molecule has 1 atom stereocenters. The molecule has 2 aliphatic rings. The van der Waals surface area contributed by atoms with Crippen molar-refractivity contribution in [2.24, 2.45) is 0 Å². The Labute approximate surface area is 165 Å². The molecule has 3 aromatic heterocycles. The summed E-state index contributed by atoms with van der Waals surface area (Å²) in [4.78, 5) is 23.2. The van der Waals surface area contributed by atoms with Crippen LogP contribution in [-0.4, -0.2) is 56.9 Å². The van der Waals surface area contributed by atoms with Crippen molar-refractivity contribution in [3.05, 3.63) is 47.7 Å². The molecule has 1 aliphatic carbocycles. The number of aromatic nitrogens is 4. The van der Waals surface area contributed by atoms with Crippen LogP contribution in [0.5, 0.6) is 5.88 Å². The van der Waals surface area contributed by atoms with Crippen molar-refractivity contribution in [2.45, 2.75) is 24.5 Å². The molecule has 2 N–H and O–H groups in total. The third-order valence-corrected chi connectivity index (χ3v) is 5.54. The molecule has 150 valence electrons. The summed E-state index contributed by atoms with van der Waals surface area (Å²) in [6, 6.07) is 3.22. The molecule has 1 saturated carbocycles. The Bertz CT molecular complexity index is 1110. The molecule has 0 radical (unpaired) electrons. The topological polar surface area (TPSA) is 105 Å². The van der Waals surface area contributed by atoms with Crippen LogP contribution in [0.1, 0.15) is 28.8 Å². The summed E-state index contributed by atoms with van der Waals surface area (Å²) in [5.74, 6) is 0.0498. The van der Waals surface area contributed by atoms with Crippen molar-refractivity contribution >= 4 is 17.4 Å². The maximum Gasteiger partial charge on any atom is 0.256 e. The summed E-state index contributed by atoms with van der Waals surface area (Å²) in [5, 5.41) is 17.0. The van der Waals surface area contributed by atoms with Gasteiger partial charge in [0.2, 0.25) is 5.88 Å². The lowest BCUT2D eigenvalue weighted by Crippen LogP contribution is -2.37. The average molecular weight is 398 g/mol. The molecule has 1 unspecified atom stereocenters. The van der Waals surface area contributed by atoms with Gasteiger partial charge in [0.05, 0.1) is 17.9 Å². The number of amides is 1. The fourth-order valence-corrected chi connectivity index (χ4v) is 3.74. The van der Waals surface area contributed by atoms with Crippen LogP contribution in [0.2, 0.25) is 0 Å². The molecule has 0 aromatic carbocycles. The van der Waals surface area contributed by atoms with Gasteiger partial charge < -0.3 is 20.1 Å². The van der Waals surface area contributed by atoms with Gasteiger partial charge in [-0.3, -0.25) is 4.79 Å². The summed E-state index contributed by atoms with van der Waals surface area (Å²) in [5.41, 5.74) is 0.808. The number of aliphatic hydroxyl groups is 1. The number of rotatable bonds is 0. The minimum absolute atomic E-state index is 0.0164. The van der Waals surface area contributed by atoms with Crippen LogP contribution in [0.15, 0.2) is 30.7 Å². The lowest BCUT2D eigenvalue weighted by atomic mass is 10.0. The Balaban J connectivity index is 1.67. The van der Waals surface area contributed by atoms with E-state index in [2.05, 4.69) is 20.4 Å². The SMILES string of the molecule is CN1c2ccn3ncc(c3n2)C(=O)NCC(O)COc2ncc(F)cc2C12CC2. The monoisotopic (exact) mass is 398 g/mol. The van der Waals surface area contributed by atoms with Gasteiger partial charge in [0.25, 0.3) is 5.91 Å². The zero-order chi connectivity index (χ0) is 20.2. The van der Waals surface area contributed by atoms with Gasteiger partial charge in [0, 0.05) is 25.4 Å². The van der Waals surface area contributed by atoms with Crippen molar-refractivity contribution in [1.82, 2.24) is 24.9 Å². The van der Waals surface area contributed by atoms with E-state index < -0.39 is 17.5 Å². The highest BCUT2D eigenvalue weighted by atomic mass is 19.1. The summed E-state index contributed by atoms with van der Waals surface area (Å²) < 4.78 is 21.3. The van der Waals surface area contributed by atoms with Crippen molar-refractivity contribution < 1.29 is 19.0 Å². The molecule has 2 bridgehead atoms. The van der Waals surface area contributed by atoms with Crippen LogP contribution < -0.4 is 15.0 Å². The summed E-state index contributed by atoms with van der Waals surface area (Å²) >= 11 is 0. The number of carbonyl (C=O) groups excluding carboxylic acids is 1. The van der Waals surface area contributed by atoms with Gasteiger partial charge in [-0.1, -0.05) is 0 Å². The number of β-amino-alcohol motifs (C(OH)–C–C–N with tert-alkyl or cyclic N) is 1. The quantitative estimate of drug-likeness (QED) is 0.579. The first-order chi connectivity index (χ1) is 14.0. The van der Waals surface area contributed by atoms with Crippen molar-refractivity contribution in [3.8, 4) is 5.88 Å². The standard InChI is InChI=1S/C19H19FN6O3/c1-25-15-2-5-26-16(24-15)13(9-23-26)17(28)21-8-12(27)10-29-18-14(19(25)3-4-19)6-11(20)7-22-18/h2,5-7,9,12,27H,3-4,8,10H2,1H3,(H,21,28). The molecule has 10 heteroatoms. The van der Waals surface area contributed by atoms with Crippen molar-refractivity contribution in [1.29, 1.82) is 0 Å². The Morgan fingerprint density at radius 1 is 1.38 bits per heavy atom. The highest BCUT2D eigenvalue weighted by Crippen LogP contribution is 2.54. The first-order valence-electron chi connectivity index (χ1n) is 9.31. The maximum absolute atomic E-state index is 14.0. The summed E-state index contributed by atoms with van der Waals surface area (Å²) in [6.45, 7) is -0.101. The number of halogens is 1. The molecule has 29 heavy (non-hydrogen) atoms. The summed E-state index contributed by atoms with van der Waals surface area (Å²) in [6.07, 6.45) is 4.84. The van der Waals surface area contributed by atoms with Gasteiger partial charge in [-0.05, 0) is 25.0 Å². The number of anilines is 1. The lowest BCUT2D eigenvalue weighted by Gasteiger charge is -2.31. The van der Waals surface area contributed by atoms with E-state index >= 15 is 0 Å². The van der Waals surface area contributed by atoms with Crippen molar-refractivity contribution in [3.63, 3.8) is 0 Å². The predicted octanol–water partition coefficient (Wildman–Crippen LogP) is 0.872. The van der Waals surface area contributed by atoms with Gasteiger partial charge in [0.1, 0.15) is 29.9 Å². The molecule has 1 amide bonds. The van der Waals surface area contributed by atoms with Crippen LogP contribution in [0, 0.1) is 5.82 Å². The van der Waals surface area contributed by atoms with Gasteiger partial charge in [0.15, 0.2) is 5.65 Å². The lowest BCUT2D eigenvalue weighted by molar-refractivity contribution is 0.0834. The number of hydrogen-bond acceptors (Lipinski definition) is 7. The van der Waals surface area contributed by atoms with Gasteiger partial charge in [-0.2, -0.15) is 5.10 Å². The van der Waals surface area contributed by atoms with Gasteiger partial charge >= 0.3 is 0 Å². The zero-order valence-corrected chi connectivity index (χ0v) is 15.7. The van der Waals surface area contributed by atoms with Gasteiger partial charge in [-0.15, -0.1) is 0 Å². The van der Waals surface area contributed by atoms with E-state index in [0.717, 1.165) is 19.0 Å². The smallest absolute Gasteiger partial charge is 0.256 e. The second-order valence-electron chi connectivity index (χ2n) is 7.38. The molecular weight excluding hydrogens is 379 g/mol. The van der Waals surface area contributed by atoms with Crippen LogP contribution >= 0.6 is 0 Å². The Hall–Kier alpha value is -3.27. The minimum atomic E-state index is -0.958. The van der Waals surface area contributed by atoms with Crippen molar-refractivity contribution in [2.75, 3.05) is 25.1 Å². The summed E-state index contributed by atoms with van der Waals surface area (Å²) in [7, 11) is 1.87. The van der Waals surface area contributed by atoms with E-state index in [1.165, 1.54) is 16.8 Å². The number of fused-ring (bicyclic) bond motifs is 3. The number of pyridine rings is 1. The van der Waals surface area contributed by atoms with E-state index in [1.54, 1.807) is 12.3 Å². The second-order valence-corrected chi connectivity index (χ2v) is 7.38. The predicted molar refractivity (Wildman–Crippen MR) is 100 cm³/mol. The Morgan fingerprint density at radius 2 is 2.21 bits per heavy atom. The third-order valence-electron chi connectivity index (χ3n) is 5.54. The first-order valence-corrected chi connectivity index (χ1v) is 9.31. The van der Waals surface area contributed by atoms with E-state index in [0.29, 0.717) is 22.6 Å². The fourth-order valence-electron chi connectivity index (χ4n) is 3.74. The highest BCUT2D eigenvalue weighted by molar-refractivity contribution is 5.99. The van der Waals surface area contributed by atoms with E-state index in [1.807, 2.05) is 11.9 Å². The minimum Gasteiger partial charge on any atom is -0.475 e. The molecule has 1 aliphatic heterocycles. The number of aliphatic hydroxyl groups excluding tert-OH is 1. The first kappa shape index (κ1) is 17.8. The molecule has 5 rings (SSSR count). The largest absolute Gasteiger partial charge is 0.475 e. The number of ether oxygens (including phenoxy) is 1. The fraction of sp³-hybridized carbons (Fsp3) is 0.368. The van der Waals surface area contributed by atoms with Crippen LogP contribution in [0.4, 0.5) is 10.2 Å². The molecule has 1 fully saturated rings. The van der Waals surface area contributed by atoms with E-state index in [9.17, 15) is 14.3 Å². The third kappa shape index (κ3) is 2.87. The molecule has 4 heterocycles. The Kier molecular flexibility index (Phi) is 3.91. The molecule has 0 saturated heterocycles. The average Bonchev–Trinajstić information content (AvgIpc) is 3.42. The number of hydrogen-bond donors (Lipinski definition) is 2. The Morgan fingerprint density at radius 3 is 3.00 bits per heavy atom. The maximum atomic E-state index is 14.0. The molecule has 3 aromatic rings. The number of nitrogens with zero attached hydrogens (tertiary/aromatic N) is 5. The van der Waals surface area contributed by atoms with Crippen LogP contribution in [0.3, 0.4) is 0 Å². The van der Waals surface area contributed by atoms with E-state index in [4.69, 9.17) is 4.74 Å². The molecule has 1 spiro atoms. The van der Waals surface area contributed by atoms with Gasteiger partial charge in [-0.25, -0.2) is 18.9 Å². The number of nitrogens with one attached hydrogen (secondary N) is 1. The molecule has 9 nitrogen and oxygen atoms in total. The molecular formula is C19H19FN6O3. The number of carbonyl (C=O) groups is 1. The van der Waals surface area contributed by atoms with E-state index in [-0.39, 0.29) is 24.9 Å². The highest BCUT2D eigenvalue weighted by Gasteiger charge is 2.51. The van der Waals surface area contributed by atoms with Crippen LogP contribution in [-0.2, 0) is 5.54 Å². The normalized spacial score (nSPS) is 20.9. The second kappa shape index (κ2) is 6.38. The van der Waals surface area contributed by atoms with Crippen LogP contribution in [0.25, 0.3) is 5.65 Å². The zero-order valence-electron chi connectivity index (χ0n) is 15.7.